The Morgan fingerprint density at radius 2 is 1.78 bits per heavy atom. The first kappa shape index (κ1) is 18.4. The number of furan rings is 1. The highest BCUT2D eigenvalue weighted by Crippen LogP contribution is 2.32. The molecule has 0 unspecified atom stereocenters. The number of hydrogen-bond donors (Lipinski definition) is 1. The molecule has 0 aliphatic carbocycles. The van der Waals surface area contributed by atoms with E-state index in [4.69, 9.17) is 4.42 Å². The Hall–Kier alpha value is -3.42. The minimum absolute atomic E-state index is 0.220. The zero-order valence-electron chi connectivity index (χ0n) is 13.6. The SMILES string of the molecule is O=C(NN=Cc1ccc(-c2cccc(C(F)(F)F)c2)o1)c1ccc(F)cc1. The van der Waals surface area contributed by atoms with Crippen molar-refractivity contribution in [1.29, 1.82) is 0 Å². The summed E-state index contributed by atoms with van der Waals surface area (Å²) >= 11 is 0. The van der Waals surface area contributed by atoms with Gasteiger partial charge in [-0.1, -0.05) is 12.1 Å². The molecule has 0 spiro atoms. The number of nitrogens with one attached hydrogen (secondary N) is 1. The Kier molecular flexibility index (Phi) is 5.07. The van der Waals surface area contributed by atoms with Crippen LogP contribution in [0.5, 0.6) is 0 Å². The summed E-state index contributed by atoms with van der Waals surface area (Å²) in [6.45, 7) is 0. The molecule has 1 amide bonds. The lowest BCUT2D eigenvalue weighted by Gasteiger charge is -2.07. The van der Waals surface area contributed by atoms with E-state index in [2.05, 4.69) is 10.5 Å². The van der Waals surface area contributed by atoms with Gasteiger partial charge in [-0.05, 0) is 48.5 Å². The van der Waals surface area contributed by atoms with Crippen LogP contribution in [0.25, 0.3) is 11.3 Å². The zero-order chi connectivity index (χ0) is 19.4. The highest BCUT2D eigenvalue weighted by molar-refractivity contribution is 5.94. The van der Waals surface area contributed by atoms with Gasteiger partial charge in [0.1, 0.15) is 17.3 Å². The molecule has 138 valence electrons. The molecule has 2 aromatic carbocycles. The Labute approximate surface area is 151 Å². The average molecular weight is 376 g/mol. The predicted molar refractivity (Wildman–Crippen MR) is 90.6 cm³/mol. The fourth-order valence-electron chi connectivity index (χ4n) is 2.25. The van der Waals surface area contributed by atoms with Gasteiger partial charge in [-0.2, -0.15) is 18.3 Å². The highest BCUT2D eigenvalue weighted by Gasteiger charge is 2.30. The van der Waals surface area contributed by atoms with E-state index in [9.17, 15) is 22.4 Å². The van der Waals surface area contributed by atoms with Crippen LogP contribution >= 0.6 is 0 Å². The van der Waals surface area contributed by atoms with Crippen LogP contribution < -0.4 is 5.43 Å². The Bertz CT molecular complexity index is 976. The normalized spacial score (nSPS) is 11.7. The summed E-state index contributed by atoms with van der Waals surface area (Å²) in [6, 6.07) is 12.6. The number of amides is 1. The molecule has 0 atom stereocenters. The number of hydrogen-bond acceptors (Lipinski definition) is 3. The maximum atomic E-state index is 12.8. The van der Waals surface area contributed by atoms with Gasteiger partial charge in [-0.25, -0.2) is 9.82 Å². The summed E-state index contributed by atoms with van der Waals surface area (Å²) in [7, 11) is 0. The lowest BCUT2D eigenvalue weighted by atomic mass is 10.1. The van der Waals surface area contributed by atoms with Gasteiger partial charge in [0.25, 0.3) is 5.91 Å². The van der Waals surface area contributed by atoms with Crippen molar-refractivity contribution in [3.8, 4) is 11.3 Å². The van der Waals surface area contributed by atoms with Gasteiger partial charge in [-0.15, -0.1) is 0 Å². The Morgan fingerprint density at radius 3 is 2.48 bits per heavy atom. The molecular formula is C19H12F4N2O2. The molecule has 3 aromatic rings. The zero-order valence-corrected chi connectivity index (χ0v) is 13.6. The van der Waals surface area contributed by atoms with E-state index in [0.29, 0.717) is 0 Å². The van der Waals surface area contributed by atoms with Crippen molar-refractivity contribution in [1.82, 2.24) is 5.43 Å². The maximum absolute atomic E-state index is 12.8. The molecule has 0 saturated heterocycles. The summed E-state index contributed by atoms with van der Waals surface area (Å²) in [5.41, 5.74) is 1.95. The lowest BCUT2D eigenvalue weighted by Crippen LogP contribution is -2.17. The Balaban J connectivity index is 1.68. The van der Waals surface area contributed by atoms with E-state index in [-0.39, 0.29) is 22.6 Å². The molecule has 4 nitrogen and oxygen atoms in total. The third-order valence-electron chi connectivity index (χ3n) is 3.57. The first-order valence-corrected chi connectivity index (χ1v) is 7.69. The van der Waals surface area contributed by atoms with Gasteiger partial charge >= 0.3 is 6.18 Å². The molecule has 0 aliphatic heterocycles. The maximum Gasteiger partial charge on any atom is 0.416 e. The summed E-state index contributed by atoms with van der Waals surface area (Å²) in [4.78, 5) is 11.8. The molecule has 1 heterocycles. The largest absolute Gasteiger partial charge is 0.455 e. The monoisotopic (exact) mass is 376 g/mol. The van der Waals surface area contributed by atoms with Gasteiger partial charge in [0.15, 0.2) is 0 Å². The lowest BCUT2D eigenvalue weighted by molar-refractivity contribution is -0.137. The quantitative estimate of drug-likeness (QED) is 0.401. The fourth-order valence-corrected chi connectivity index (χ4v) is 2.25. The number of rotatable bonds is 4. The van der Waals surface area contributed by atoms with Crippen LogP contribution in [0.1, 0.15) is 21.7 Å². The molecule has 1 N–H and O–H groups in total. The topological polar surface area (TPSA) is 54.6 Å². The summed E-state index contributed by atoms with van der Waals surface area (Å²) in [6.07, 6.45) is -3.24. The van der Waals surface area contributed by atoms with Crippen LogP contribution in [0.15, 0.2) is 70.2 Å². The van der Waals surface area contributed by atoms with Crippen molar-refractivity contribution in [2.24, 2.45) is 5.10 Å². The third-order valence-corrected chi connectivity index (χ3v) is 3.57. The summed E-state index contributed by atoms with van der Waals surface area (Å²) in [5, 5.41) is 3.71. The summed E-state index contributed by atoms with van der Waals surface area (Å²) < 4.78 is 56.6. The second-order valence-corrected chi connectivity index (χ2v) is 5.49. The number of alkyl halides is 3. The standard InChI is InChI=1S/C19H12F4N2O2/c20-15-6-4-12(5-7-15)18(26)25-24-11-16-8-9-17(27-16)13-2-1-3-14(10-13)19(21,22)23/h1-11H,(H,25,26). The van der Waals surface area contributed by atoms with E-state index < -0.39 is 23.5 Å². The number of carbonyl (C=O) groups excluding carboxylic acids is 1. The number of carbonyl (C=O) groups is 1. The second-order valence-electron chi connectivity index (χ2n) is 5.49. The van der Waals surface area contributed by atoms with Gasteiger partial charge < -0.3 is 4.42 Å². The van der Waals surface area contributed by atoms with Crippen molar-refractivity contribution in [3.05, 3.63) is 83.4 Å². The highest BCUT2D eigenvalue weighted by atomic mass is 19.4. The molecule has 1 aromatic heterocycles. The van der Waals surface area contributed by atoms with Gasteiger partial charge in [-0.3, -0.25) is 4.79 Å². The second kappa shape index (κ2) is 7.45. The van der Waals surface area contributed by atoms with Crippen LogP contribution in [0.2, 0.25) is 0 Å². The molecular weight excluding hydrogens is 364 g/mol. The average Bonchev–Trinajstić information content (AvgIpc) is 3.10. The van der Waals surface area contributed by atoms with Crippen LogP contribution in [-0.2, 0) is 6.18 Å². The molecule has 27 heavy (non-hydrogen) atoms. The molecule has 8 heteroatoms. The van der Waals surface area contributed by atoms with Crippen LogP contribution in [0.4, 0.5) is 17.6 Å². The minimum atomic E-state index is -4.45. The van der Waals surface area contributed by atoms with Crippen molar-refractivity contribution in [2.75, 3.05) is 0 Å². The molecule has 0 fully saturated rings. The van der Waals surface area contributed by atoms with Gasteiger partial charge in [0, 0.05) is 11.1 Å². The minimum Gasteiger partial charge on any atom is -0.455 e. The van der Waals surface area contributed by atoms with Crippen molar-refractivity contribution in [3.63, 3.8) is 0 Å². The van der Waals surface area contributed by atoms with E-state index in [1.54, 1.807) is 0 Å². The fraction of sp³-hybridized carbons (Fsp3) is 0.0526. The number of nitrogens with zero attached hydrogens (tertiary/aromatic N) is 1. The van der Waals surface area contributed by atoms with Crippen molar-refractivity contribution < 1.29 is 26.8 Å². The Morgan fingerprint density at radius 1 is 1.04 bits per heavy atom. The first-order valence-electron chi connectivity index (χ1n) is 7.69. The smallest absolute Gasteiger partial charge is 0.416 e. The van der Waals surface area contributed by atoms with Crippen LogP contribution in [-0.4, -0.2) is 12.1 Å². The molecule has 0 aliphatic rings. The van der Waals surface area contributed by atoms with Crippen molar-refractivity contribution >= 4 is 12.1 Å². The first-order chi connectivity index (χ1) is 12.8. The van der Waals surface area contributed by atoms with E-state index in [0.717, 1.165) is 24.3 Å². The van der Waals surface area contributed by atoms with Gasteiger partial charge in [0.05, 0.1) is 11.8 Å². The number of benzene rings is 2. The van der Waals surface area contributed by atoms with Gasteiger partial charge in [0.2, 0.25) is 0 Å². The van der Waals surface area contributed by atoms with Crippen LogP contribution in [0, 0.1) is 5.82 Å². The predicted octanol–water partition coefficient (Wildman–Crippen LogP) is 4.87. The van der Waals surface area contributed by atoms with Crippen LogP contribution in [0.3, 0.4) is 0 Å². The number of halogens is 4. The van der Waals surface area contributed by atoms with E-state index >= 15 is 0 Å². The molecule has 0 saturated carbocycles. The molecule has 0 bridgehead atoms. The van der Waals surface area contributed by atoms with E-state index in [1.165, 1.54) is 42.6 Å². The van der Waals surface area contributed by atoms with Crippen molar-refractivity contribution in [2.45, 2.75) is 6.18 Å². The summed E-state index contributed by atoms with van der Waals surface area (Å²) in [5.74, 6) is -0.544. The molecule has 3 rings (SSSR count). The van der Waals surface area contributed by atoms with E-state index in [1.807, 2.05) is 0 Å². The number of hydrazone groups is 1. The third kappa shape index (κ3) is 4.60. The molecule has 0 radical (unpaired) electrons.